The molecule has 0 N–H and O–H groups in total. The minimum absolute atomic E-state index is 0.0121. The van der Waals surface area contributed by atoms with Gasteiger partial charge in [-0.3, -0.25) is 4.79 Å². The van der Waals surface area contributed by atoms with Crippen molar-refractivity contribution >= 4 is 11.9 Å². The molecule has 3 rings (SSSR count). The van der Waals surface area contributed by atoms with Crippen molar-refractivity contribution in [2.24, 2.45) is 23.7 Å². The summed E-state index contributed by atoms with van der Waals surface area (Å²) in [6, 6.07) is 0. The summed E-state index contributed by atoms with van der Waals surface area (Å²) in [6.07, 6.45) is 1.57. The van der Waals surface area contributed by atoms with Gasteiger partial charge < -0.3 is 14.6 Å². The topological polar surface area (TPSA) is 66.4 Å². The van der Waals surface area contributed by atoms with Crippen LogP contribution in [0.1, 0.15) is 12.8 Å². The van der Waals surface area contributed by atoms with Gasteiger partial charge in [0.15, 0.2) is 0 Å². The Hall–Kier alpha value is -1.06. The molecule has 0 aromatic carbocycles. The molecule has 5 atom stereocenters. The smallest absolute Gasteiger partial charge is 0.310 e. The van der Waals surface area contributed by atoms with Crippen LogP contribution >= 0.6 is 0 Å². The Balaban J connectivity index is 2.01. The third-order valence-corrected chi connectivity index (χ3v) is 3.76. The summed E-state index contributed by atoms with van der Waals surface area (Å²) in [5.41, 5.74) is 0. The first-order valence-electron chi connectivity index (χ1n) is 4.60. The second kappa shape index (κ2) is 2.05. The van der Waals surface area contributed by atoms with Crippen LogP contribution in [0.3, 0.4) is 0 Å². The zero-order valence-electron chi connectivity index (χ0n) is 6.93. The highest BCUT2D eigenvalue weighted by Gasteiger charge is 2.62. The first-order valence-corrected chi connectivity index (χ1v) is 4.60. The molecule has 0 unspecified atom stereocenters. The number of ether oxygens (including phenoxy) is 1. The SMILES string of the molecule is O=C([O-])[C@@H]1[C@H]2C[C@H]3[C@@H]1C(=O)O[C@H]3C2. The fraction of sp³-hybridized carbons (Fsp3) is 0.778. The van der Waals surface area contributed by atoms with Crippen LogP contribution < -0.4 is 5.11 Å². The Kier molecular flexibility index (Phi) is 1.16. The summed E-state index contributed by atoms with van der Waals surface area (Å²) in [6.45, 7) is 0. The molecule has 0 aromatic heterocycles. The average molecular weight is 181 g/mol. The predicted molar refractivity (Wildman–Crippen MR) is 38.1 cm³/mol. The molecular weight excluding hydrogens is 172 g/mol. The molecule has 70 valence electrons. The Morgan fingerprint density at radius 1 is 1.46 bits per heavy atom. The van der Waals surface area contributed by atoms with Gasteiger partial charge in [0, 0.05) is 17.8 Å². The lowest BCUT2D eigenvalue weighted by molar-refractivity contribution is -0.314. The molecule has 1 saturated heterocycles. The largest absolute Gasteiger partial charge is 0.550 e. The van der Waals surface area contributed by atoms with Gasteiger partial charge in [-0.25, -0.2) is 0 Å². The zero-order chi connectivity index (χ0) is 9.16. The van der Waals surface area contributed by atoms with Gasteiger partial charge in [0.2, 0.25) is 0 Å². The zero-order valence-corrected chi connectivity index (χ0v) is 6.93. The van der Waals surface area contributed by atoms with Gasteiger partial charge in [-0.1, -0.05) is 0 Å². The quantitative estimate of drug-likeness (QED) is 0.483. The number of fused-ring (bicyclic) bond motifs is 1. The van der Waals surface area contributed by atoms with Crippen molar-refractivity contribution in [3.8, 4) is 0 Å². The molecule has 0 radical (unpaired) electrons. The van der Waals surface area contributed by atoms with Crippen molar-refractivity contribution in [1.29, 1.82) is 0 Å². The van der Waals surface area contributed by atoms with Crippen LogP contribution in [0.2, 0.25) is 0 Å². The summed E-state index contributed by atoms with van der Waals surface area (Å²) in [5.74, 6) is -2.07. The Bertz CT molecular complexity index is 296. The summed E-state index contributed by atoms with van der Waals surface area (Å²) >= 11 is 0. The van der Waals surface area contributed by atoms with Crippen molar-refractivity contribution < 1.29 is 19.4 Å². The fourth-order valence-electron chi connectivity index (χ4n) is 3.33. The van der Waals surface area contributed by atoms with E-state index in [2.05, 4.69) is 0 Å². The number of rotatable bonds is 1. The van der Waals surface area contributed by atoms with Crippen LogP contribution in [0.25, 0.3) is 0 Å². The monoisotopic (exact) mass is 181 g/mol. The Morgan fingerprint density at radius 2 is 2.23 bits per heavy atom. The van der Waals surface area contributed by atoms with E-state index in [1.165, 1.54) is 0 Å². The van der Waals surface area contributed by atoms with Gasteiger partial charge >= 0.3 is 5.97 Å². The molecule has 4 nitrogen and oxygen atoms in total. The molecule has 0 aromatic rings. The van der Waals surface area contributed by atoms with E-state index in [0.29, 0.717) is 0 Å². The van der Waals surface area contributed by atoms with Crippen LogP contribution in [-0.2, 0) is 14.3 Å². The van der Waals surface area contributed by atoms with E-state index in [0.717, 1.165) is 12.8 Å². The normalized spacial score (nSPS) is 51.1. The van der Waals surface area contributed by atoms with Crippen molar-refractivity contribution in [1.82, 2.24) is 0 Å². The van der Waals surface area contributed by atoms with Gasteiger partial charge in [0.25, 0.3) is 0 Å². The van der Waals surface area contributed by atoms with Crippen LogP contribution in [-0.4, -0.2) is 18.0 Å². The van der Waals surface area contributed by atoms with Crippen molar-refractivity contribution in [3.63, 3.8) is 0 Å². The van der Waals surface area contributed by atoms with Crippen molar-refractivity contribution in [3.05, 3.63) is 0 Å². The van der Waals surface area contributed by atoms with Gasteiger partial charge in [-0.2, -0.15) is 0 Å². The average Bonchev–Trinajstić information content (AvgIpc) is 2.60. The molecule has 4 heteroatoms. The molecule has 3 aliphatic rings. The molecule has 1 aliphatic heterocycles. The van der Waals surface area contributed by atoms with E-state index in [1.54, 1.807) is 0 Å². The van der Waals surface area contributed by atoms with Gasteiger partial charge in [0.1, 0.15) is 6.10 Å². The number of carboxylic acids is 1. The Labute approximate surface area is 74.9 Å². The first kappa shape index (κ1) is 7.35. The van der Waals surface area contributed by atoms with Gasteiger partial charge in [-0.15, -0.1) is 0 Å². The molecule has 2 bridgehead atoms. The minimum Gasteiger partial charge on any atom is -0.550 e. The third-order valence-electron chi connectivity index (χ3n) is 3.76. The van der Waals surface area contributed by atoms with Crippen LogP contribution in [0.4, 0.5) is 0 Å². The van der Waals surface area contributed by atoms with Crippen LogP contribution in [0.15, 0.2) is 0 Å². The second-order valence-electron chi connectivity index (χ2n) is 4.24. The van der Waals surface area contributed by atoms with E-state index in [-0.39, 0.29) is 23.9 Å². The number of carbonyl (C=O) groups is 2. The summed E-state index contributed by atoms with van der Waals surface area (Å²) in [5, 5.41) is 10.8. The fourth-order valence-corrected chi connectivity index (χ4v) is 3.33. The maximum Gasteiger partial charge on any atom is 0.310 e. The lowest BCUT2D eigenvalue weighted by Gasteiger charge is -2.24. The number of hydrogen-bond donors (Lipinski definition) is 0. The van der Waals surface area contributed by atoms with E-state index in [9.17, 15) is 14.7 Å². The summed E-state index contributed by atoms with van der Waals surface area (Å²) in [7, 11) is 0. The highest BCUT2D eigenvalue weighted by Crippen LogP contribution is 2.57. The van der Waals surface area contributed by atoms with Crippen LogP contribution in [0.5, 0.6) is 0 Å². The second-order valence-corrected chi connectivity index (χ2v) is 4.24. The molecule has 2 saturated carbocycles. The highest BCUT2D eigenvalue weighted by molar-refractivity contribution is 5.84. The minimum atomic E-state index is -1.07. The number of carboxylic acid groups (broad SMARTS) is 1. The predicted octanol–water partition coefficient (Wildman–Crippen LogP) is -1.07. The van der Waals surface area contributed by atoms with E-state index >= 15 is 0 Å². The standard InChI is InChI=1S/C9H10O4/c10-8(11)6-3-1-4-5(2-3)13-9(12)7(4)6/h3-7H,1-2H2,(H,10,11)/p-1/t3-,4+,5-,6+,7-/m0/s1. The van der Waals surface area contributed by atoms with E-state index < -0.39 is 17.8 Å². The van der Waals surface area contributed by atoms with E-state index in [4.69, 9.17) is 4.74 Å². The van der Waals surface area contributed by atoms with Crippen molar-refractivity contribution in [2.45, 2.75) is 18.9 Å². The van der Waals surface area contributed by atoms with Gasteiger partial charge in [0.05, 0.1) is 5.92 Å². The number of aliphatic carboxylic acids is 1. The number of hydrogen-bond acceptors (Lipinski definition) is 4. The molecular formula is C9H9O4-. The lowest BCUT2D eigenvalue weighted by Crippen LogP contribution is -2.40. The number of esters is 1. The maximum absolute atomic E-state index is 11.3. The molecule has 0 spiro atoms. The number of carbonyl (C=O) groups excluding carboxylic acids is 2. The first-order chi connectivity index (χ1) is 6.18. The third kappa shape index (κ3) is 0.716. The van der Waals surface area contributed by atoms with Gasteiger partial charge in [-0.05, 0) is 18.8 Å². The highest BCUT2D eigenvalue weighted by atomic mass is 16.6. The molecule has 13 heavy (non-hydrogen) atoms. The van der Waals surface area contributed by atoms with Crippen LogP contribution in [0, 0.1) is 23.7 Å². The molecule has 0 amide bonds. The van der Waals surface area contributed by atoms with Crippen molar-refractivity contribution in [2.75, 3.05) is 0 Å². The Morgan fingerprint density at radius 3 is 2.92 bits per heavy atom. The van der Waals surface area contributed by atoms with E-state index in [1.807, 2.05) is 0 Å². The maximum atomic E-state index is 11.3. The summed E-state index contributed by atoms with van der Waals surface area (Å²) < 4.78 is 5.09. The molecule has 2 aliphatic carbocycles. The molecule has 1 heterocycles. The lowest BCUT2D eigenvalue weighted by atomic mass is 9.80. The summed E-state index contributed by atoms with van der Waals surface area (Å²) in [4.78, 5) is 22.1. The molecule has 3 fully saturated rings.